The van der Waals surface area contributed by atoms with E-state index in [-0.39, 0.29) is 29.7 Å². The lowest BCUT2D eigenvalue weighted by molar-refractivity contribution is -0.116. The largest absolute Gasteiger partial charge is 0.501 e. The van der Waals surface area contributed by atoms with E-state index >= 15 is 0 Å². The molecule has 1 aromatic heterocycles. The lowest BCUT2D eigenvalue weighted by Gasteiger charge is -2.05. The predicted molar refractivity (Wildman–Crippen MR) is 90.0 cm³/mol. The molecule has 1 aliphatic carbocycles. The number of Topliss-reactive ketones (excluding diaryl/α,β-unsaturated/α-hetero) is 2. The first-order chi connectivity index (χ1) is 11.0. The zero-order valence-corrected chi connectivity index (χ0v) is 15.4. The van der Waals surface area contributed by atoms with Crippen LogP contribution in [0.3, 0.4) is 0 Å². The van der Waals surface area contributed by atoms with Crippen molar-refractivity contribution in [2.45, 2.75) is 26.7 Å². The summed E-state index contributed by atoms with van der Waals surface area (Å²) < 4.78 is 23.3. The van der Waals surface area contributed by atoms with Gasteiger partial charge in [0, 0.05) is 16.0 Å². The number of rotatable bonds is 9. The number of hydrogen-bond acceptors (Lipinski definition) is 5. The van der Waals surface area contributed by atoms with Gasteiger partial charge in [0.1, 0.15) is 18.9 Å². The summed E-state index contributed by atoms with van der Waals surface area (Å²) in [7, 11) is 0. The van der Waals surface area contributed by atoms with Crippen LogP contribution >= 0.6 is 27.3 Å². The predicted octanol–water partition coefficient (Wildman–Crippen LogP) is 4.25. The molecule has 1 aliphatic rings. The molecule has 1 fully saturated rings. The zero-order chi connectivity index (χ0) is 17.0. The number of alkyl halides is 1. The number of carbonyl (C=O) groups is 2. The van der Waals surface area contributed by atoms with Gasteiger partial charge in [0.05, 0.1) is 17.7 Å². The number of ketones is 2. The topological polar surface area (TPSA) is 52.6 Å². The number of thiophene rings is 1. The Kier molecular flexibility index (Phi) is 6.35. The molecule has 2 rings (SSSR count). The summed E-state index contributed by atoms with van der Waals surface area (Å²) in [5.74, 6) is -0.634. The molecule has 0 aliphatic heterocycles. The van der Waals surface area contributed by atoms with Gasteiger partial charge in [0.15, 0.2) is 10.8 Å². The number of ether oxygens (including phenoxy) is 2. The van der Waals surface area contributed by atoms with Crippen LogP contribution in [0.2, 0.25) is 0 Å². The summed E-state index contributed by atoms with van der Waals surface area (Å²) >= 11 is 4.48. The van der Waals surface area contributed by atoms with Gasteiger partial charge >= 0.3 is 0 Å². The van der Waals surface area contributed by atoms with Crippen LogP contribution in [-0.2, 0) is 9.53 Å². The van der Waals surface area contributed by atoms with E-state index in [1.807, 2.05) is 0 Å². The summed E-state index contributed by atoms with van der Waals surface area (Å²) in [6.07, 6.45) is 2.88. The average Bonchev–Trinajstić information content (AvgIpc) is 3.34. The van der Waals surface area contributed by atoms with Gasteiger partial charge in [-0.05, 0) is 42.6 Å². The van der Waals surface area contributed by atoms with Crippen LogP contribution in [0.1, 0.15) is 35.0 Å². The van der Waals surface area contributed by atoms with Crippen LogP contribution < -0.4 is 4.74 Å². The van der Waals surface area contributed by atoms with E-state index in [1.54, 1.807) is 13.8 Å². The van der Waals surface area contributed by atoms with Crippen molar-refractivity contribution in [1.82, 2.24) is 0 Å². The Balaban J connectivity index is 2.30. The summed E-state index contributed by atoms with van der Waals surface area (Å²) in [5.41, 5.74) is 0.787. The van der Waals surface area contributed by atoms with E-state index in [4.69, 9.17) is 9.47 Å². The number of carbonyl (C=O) groups excluding carboxylic acids is 2. The fourth-order valence-electron chi connectivity index (χ4n) is 1.97. The van der Waals surface area contributed by atoms with Crippen molar-refractivity contribution in [1.29, 1.82) is 0 Å². The molecule has 0 radical (unpaired) electrons. The monoisotopic (exact) mass is 404 g/mol. The van der Waals surface area contributed by atoms with Crippen LogP contribution in [0.15, 0.2) is 16.3 Å². The molecule has 0 unspecified atom stereocenters. The zero-order valence-electron chi connectivity index (χ0n) is 13.0. The van der Waals surface area contributed by atoms with Crippen LogP contribution in [0.5, 0.6) is 5.06 Å². The highest BCUT2D eigenvalue weighted by Gasteiger charge is 2.36. The third-order valence-corrected chi connectivity index (χ3v) is 5.83. The first-order valence-electron chi connectivity index (χ1n) is 7.39. The van der Waals surface area contributed by atoms with Crippen molar-refractivity contribution < 1.29 is 23.5 Å². The summed E-state index contributed by atoms with van der Waals surface area (Å²) in [5, 5.41) is 0.479. The molecule has 1 saturated carbocycles. The van der Waals surface area contributed by atoms with Crippen LogP contribution in [0.25, 0.3) is 0 Å². The van der Waals surface area contributed by atoms with Crippen molar-refractivity contribution in [3.8, 4) is 5.06 Å². The summed E-state index contributed by atoms with van der Waals surface area (Å²) in [6.45, 7) is 3.27. The molecule has 0 spiro atoms. The second-order valence-electron chi connectivity index (χ2n) is 5.15. The maximum atomic E-state index is 12.8. The quantitative estimate of drug-likeness (QED) is 0.203. The van der Waals surface area contributed by atoms with Gasteiger partial charge < -0.3 is 9.47 Å². The Labute approximate surface area is 146 Å². The molecule has 1 aromatic rings. The van der Waals surface area contributed by atoms with Crippen molar-refractivity contribution in [3.63, 3.8) is 0 Å². The molecule has 126 valence electrons. The van der Waals surface area contributed by atoms with Gasteiger partial charge in [-0.1, -0.05) is 11.3 Å². The lowest BCUT2D eigenvalue weighted by atomic mass is 10.0. The second kappa shape index (κ2) is 8.06. The minimum atomic E-state index is -0.603. The van der Waals surface area contributed by atoms with Crippen LogP contribution in [0.4, 0.5) is 4.39 Å². The fourth-order valence-corrected chi connectivity index (χ4v) is 3.73. The lowest BCUT2D eigenvalue weighted by Crippen LogP contribution is -2.15. The Morgan fingerprint density at radius 2 is 2.13 bits per heavy atom. The average molecular weight is 405 g/mol. The van der Waals surface area contributed by atoms with Gasteiger partial charge in [0.2, 0.25) is 5.78 Å². The van der Waals surface area contributed by atoms with E-state index in [2.05, 4.69) is 15.9 Å². The van der Waals surface area contributed by atoms with Gasteiger partial charge in [-0.25, -0.2) is 4.39 Å². The highest BCUT2D eigenvalue weighted by Crippen LogP contribution is 2.41. The number of allylic oxidation sites excluding steroid dienone is 1. The first-order valence-corrected chi connectivity index (χ1v) is 9.00. The van der Waals surface area contributed by atoms with E-state index in [0.717, 1.165) is 29.7 Å². The summed E-state index contributed by atoms with van der Waals surface area (Å²) in [4.78, 5) is 25.5. The Morgan fingerprint density at radius 1 is 1.43 bits per heavy atom. The Bertz CT molecular complexity index is 634. The molecular formula is C16H18BrFO4S. The minimum Gasteiger partial charge on any atom is -0.501 e. The maximum absolute atomic E-state index is 12.8. The number of hydrogen-bond donors (Lipinski definition) is 0. The van der Waals surface area contributed by atoms with Crippen molar-refractivity contribution in [2.75, 3.05) is 19.9 Å². The van der Waals surface area contributed by atoms with Gasteiger partial charge in [-0.3, -0.25) is 9.59 Å². The highest BCUT2D eigenvalue weighted by molar-refractivity contribution is 9.10. The SMILES string of the molecule is CCOC=C(C(=O)c1sc(OCCF)c(C)c1Br)C(=O)C1CC1. The fraction of sp³-hybridized carbons (Fsp3) is 0.500. The van der Waals surface area contributed by atoms with E-state index in [1.165, 1.54) is 6.26 Å². The molecule has 0 atom stereocenters. The Hall–Kier alpha value is -1.21. The van der Waals surface area contributed by atoms with Crippen LogP contribution in [-0.4, -0.2) is 31.5 Å². The van der Waals surface area contributed by atoms with Gasteiger partial charge in [-0.15, -0.1) is 0 Å². The molecule has 0 amide bonds. The van der Waals surface area contributed by atoms with E-state index in [9.17, 15) is 14.0 Å². The molecule has 7 heteroatoms. The maximum Gasteiger partial charge on any atom is 0.210 e. The normalized spacial score (nSPS) is 14.7. The van der Waals surface area contributed by atoms with Crippen molar-refractivity contribution in [2.24, 2.45) is 5.92 Å². The van der Waals surface area contributed by atoms with Gasteiger partial charge in [0.25, 0.3) is 0 Å². The highest BCUT2D eigenvalue weighted by atomic mass is 79.9. The molecular weight excluding hydrogens is 387 g/mol. The second-order valence-corrected chi connectivity index (χ2v) is 6.93. The van der Waals surface area contributed by atoms with E-state index < -0.39 is 6.67 Å². The van der Waals surface area contributed by atoms with Crippen molar-refractivity contribution in [3.05, 3.63) is 26.7 Å². The smallest absolute Gasteiger partial charge is 0.210 e. The third kappa shape index (κ3) is 4.20. The van der Waals surface area contributed by atoms with Crippen molar-refractivity contribution >= 4 is 38.8 Å². The Morgan fingerprint density at radius 3 is 2.70 bits per heavy atom. The molecule has 0 saturated heterocycles. The van der Waals surface area contributed by atoms with E-state index in [0.29, 0.717) is 21.0 Å². The third-order valence-electron chi connectivity index (χ3n) is 3.37. The molecule has 23 heavy (non-hydrogen) atoms. The number of halogens is 2. The standard InChI is InChI=1S/C16H18BrFO4S/c1-3-21-8-11(13(19)10-4-5-10)14(20)15-12(17)9(2)16(23-15)22-7-6-18/h8,10H,3-7H2,1-2H3. The molecule has 4 nitrogen and oxygen atoms in total. The summed E-state index contributed by atoms with van der Waals surface area (Å²) in [6, 6.07) is 0. The first kappa shape index (κ1) is 18.1. The molecule has 1 heterocycles. The van der Waals surface area contributed by atoms with Gasteiger partial charge in [-0.2, -0.15) is 0 Å². The minimum absolute atomic E-state index is 0.0633. The molecule has 0 bridgehead atoms. The van der Waals surface area contributed by atoms with Crippen LogP contribution in [0, 0.1) is 12.8 Å². The molecule has 0 aromatic carbocycles. The molecule has 0 N–H and O–H groups in total.